The molecule has 0 aliphatic rings. The predicted octanol–water partition coefficient (Wildman–Crippen LogP) is 3.35. The maximum atomic E-state index is 4.19. The van der Waals surface area contributed by atoms with Crippen molar-refractivity contribution >= 4 is 23.1 Å². The van der Waals surface area contributed by atoms with Gasteiger partial charge in [0.05, 0.1) is 0 Å². The fourth-order valence-electron chi connectivity index (χ4n) is 1.28. The highest BCUT2D eigenvalue weighted by Crippen LogP contribution is 2.30. The van der Waals surface area contributed by atoms with Crippen molar-refractivity contribution in [1.82, 2.24) is 15.5 Å². The van der Waals surface area contributed by atoms with Crippen LogP contribution in [-0.4, -0.2) is 27.5 Å². The lowest BCUT2D eigenvalue weighted by Crippen LogP contribution is -2.41. The number of thioether (sulfide) groups is 1. The van der Waals surface area contributed by atoms with Gasteiger partial charge in [0.1, 0.15) is 5.01 Å². The molecule has 1 unspecified atom stereocenters. The summed E-state index contributed by atoms with van der Waals surface area (Å²) in [5.41, 5.74) is 0.171. The van der Waals surface area contributed by atoms with Gasteiger partial charge in [-0.05, 0) is 33.6 Å². The van der Waals surface area contributed by atoms with E-state index in [4.69, 9.17) is 0 Å². The van der Waals surface area contributed by atoms with Crippen LogP contribution < -0.4 is 5.32 Å². The van der Waals surface area contributed by atoms with E-state index in [1.54, 1.807) is 11.3 Å². The first-order valence-corrected chi connectivity index (χ1v) is 7.69. The molecule has 0 saturated carbocycles. The molecule has 0 aromatic carbocycles. The lowest BCUT2D eigenvalue weighted by molar-refractivity contribution is 0.408. The lowest BCUT2D eigenvalue weighted by Gasteiger charge is -2.26. The second kappa shape index (κ2) is 6.16. The van der Waals surface area contributed by atoms with Crippen LogP contribution in [0, 0.1) is 12.8 Å². The molecule has 0 saturated heterocycles. The van der Waals surface area contributed by atoms with Gasteiger partial charge in [0.2, 0.25) is 0 Å². The summed E-state index contributed by atoms with van der Waals surface area (Å²) in [6.45, 7) is 14.1. The zero-order chi connectivity index (χ0) is 13.1. The Morgan fingerprint density at radius 1 is 1.29 bits per heavy atom. The van der Waals surface area contributed by atoms with Crippen LogP contribution in [0.5, 0.6) is 0 Å². The largest absolute Gasteiger partial charge is 0.311 e. The Morgan fingerprint density at radius 3 is 2.35 bits per heavy atom. The van der Waals surface area contributed by atoms with Crippen LogP contribution in [0.15, 0.2) is 4.34 Å². The minimum atomic E-state index is 0.171. The number of nitrogens with zero attached hydrogens (tertiary/aromatic N) is 2. The van der Waals surface area contributed by atoms with Gasteiger partial charge in [0.15, 0.2) is 4.34 Å². The van der Waals surface area contributed by atoms with Crippen LogP contribution in [0.4, 0.5) is 0 Å². The molecule has 0 spiro atoms. The van der Waals surface area contributed by atoms with Crippen LogP contribution in [0.1, 0.15) is 39.6 Å². The van der Waals surface area contributed by atoms with Gasteiger partial charge >= 0.3 is 0 Å². The first-order valence-electron chi connectivity index (χ1n) is 6.00. The van der Waals surface area contributed by atoms with Crippen molar-refractivity contribution in [2.75, 3.05) is 6.54 Å². The third-order valence-electron chi connectivity index (χ3n) is 2.34. The summed E-state index contributed by atoms with van der Waals surface area (Å²) in [5.74, 6) is 0.624. The SMILES string of the molecule is Cc1nnc(SC(CNC(C)(C)C)C(C)C)s1. The third kappa shape index (κ3) is 5.84. The molecule has 0 fully saturated rings. The molecular weight excluding hydrogens is 250 g/mol. The first-order chi connectivity index (χ1) is 7.78. The molecule has 17 heavy (non-hydrogen) atoms. The normalized spacial score (nSPS) is 14.3. The molecule has 0 amide bonds. The van der Waals surface area contributed by atoms with E-state index < -0.39 is 0 Å². The Balaban J connectivity index is 2.55. The molecule has 3 nitrogen and oxygen atoms in total. The van der Waals surface area contributed by atoms with E-state index in [1.807, 2.05) is 18.7 Å². The van der Waals surface area contributed by atoms with Gasteiger partial charge in [0.25, 0.3) is 0 Å². The average molecular weight is 273 g/mol. The number of aromatic nitrogens is 2. The lowest BCUT2D eigenvalue weighted by atomic mass is 10.1. The van der Waals surface area contributed by atoms with Gasteiger partial charge in [0, 0.05) is 17.3 Å². The highest BCUT2D eigenvalue weighted by atomic mass is 32.2. The standard InChI is InChI=1S/C12H23N3S2/c1-8(2)10(7-13-12(4,5)6)17-11-15-14-9(3)16-11/h8,10,13H,7H2,1-6H3. The minimum Gasteiger partial charge on any atom is -0.311 e. The zero-order valence-electron chi connectivity index (χ0n) is 11.6. The molecule has 0 bridgehead atoms. The van der Waals surface area contributed by atoms with Crippen LogP contribution in [-0.2, 0) is 0 Å². The Hall–Kier alpha value is -0.130. The second-order valence-corrected chi connectivity index (χ2v) is 8.29. The van der Waals surface area contributed by atoms with Crippen molar-refractivity contribution in [2.24, 2.45) is 5.92 Å². The van der Waals surface area contributed by atoms with Crippen LogP contribution in [0.3, 0.4) is 0 Å². The van der Waals surface area contributed by atoms with E-state index >= 15 is 0 Å². The van der Waals surface area contributed by atoms with Crippen molar-refractivity contribution in [3.8, 4) is 0 Å². The van der Waals surface area contributed by atoms with Crippen molar-refractivity contribution in [1.29, 1.82) is 0 Å². The summed E-state index contributed by atoms with van der Waals surface area (Å²) in [7, 11) is 0. The second-order valence-electron chi connectivity index (χ2n) is 5.62. The van der Waals surface area contributed by atoms with Crippen LogP contribution in [0.2, 0.25) is 0 Å². The summed E-state index contributed by atoms with van der Waals surface area (Å²) in [6, 6.07) is 0. The van der Waals surface area contributed by atoms with Gasteiger partial charge in [-0.3, -0.25) is 0 Å². The van der Waals surface area contributed by atoms with Gasteiger partial charge in [-0.25, -0.2) is 0 Å². The molecule has 1 atom stereocenters. The summed E-state index contributed by atoms with van der Waals surface area (Å²) in [5, 5.41) is 13.4. The van der Waals surface area contributed by atoms with Crippen molar-refractivity contribution in [3.05, 3.63) is 5.01 Å². The zero-order valence-corrected chi connectivity index (χ0v) is 13.2. The Kier molecular flexibility index (Phi) is 5.41. The van der Waals surface area contributed by atoms with Gasteiger partial charge in [-0.1, -0.05) is 36.9 Å². The summed E-state index contributed by atoms with van der Waals surface area (Å²) in [6.07, 6.45) is 0. The van der Waals surface area contributed by atoms with E-state index in [0.29, 0.717) is 11.2 Å². The molecule has 5 heteroatoms. The Labute approximate surface area is 113 Å². The van der Waals surface area contributed by atoms with Crippen molar-refractivity contribution in [2.45, 2.75) is 56.7 Å². The molecule has 1 N–H and O–H groups in total. The molecule has 0 radical (unpaired) electrons. The average Bonchev–Trinajstić information content (AvgIpc) is 2.56. The number of rotatable bonds is 5. The topological polar surface area (TPSA) is 37.8 Å². The van der Waals surface area contributed by atoms with Crippen molar-refractivity contribution < 1.29 is 0 Å². The van der Waals surface area contributed by atoms with Crippen LogP contribution in [0.25, 0.3) is 0 Å². The van der Waals surface area contributed by atoms with Gasteiger partial charge < -0.3 is 5.32 Å². The third-order valence-corrected chi connectivity index (χ3v) is 4.81. The summed E-state index contributed by atoms with van der Waals surface area (Å²) < 4.78 is 1.08. The van der Waals surface area contributed by atoms with Crippen molar-refractivity contribution in [3.63, 3.8) is 0 Å². The fourth-order valence-corrected chi connectivity index (χ4v) is 3.40. The monoisotopic (exact) mass is 273 g/mol. The highest BCUT2D eigenvalue weighted by Gasteiger charge is 2.19. The van der Waals surface area contributed by atoms with Gasteiger partial charge in [-0.15, -0.1) is 10.2 Å². The Bertz CT molecular complexity index is 342. The number of nitrogens with one attached hydrogen (secondary N) is 1. The first kappa shape index (κ1) is 14.9. The molecule has 1 rings (SSSR count). The van der Waals surface area contributed by atoms with E-state index in [-0.39, 0.29) is 5.54 Å². The minimum absolute atomic E-state index is 0.171. The predicted molar refractivity (Wildman–Crippen MR) is 76.9 cm³/mol. The molecule has 1 aromatic rings. The maximum absolute atomic E-state index is 4.19. The smallest absolute Gasteiger partial charge is 0.174 e. The van der Waals surface area contributed by atoms with Crippen LogP contribution >= 0.6 is 23.1 Å². The molecule has 1 heterocycles. The van der Waals surface area contributed by atoms with E-state index in [1.165, 1.54) is 0 Å². The molecular formula is C12H23N3S2. The number of aryl methyl sites for hydroxylation is 1. The number of hydrogen-bond donors (Lipinski definition) is 1. The summed E-state index contributed by atoms with van der Waals surface area (Å²) in [4.78, 5) is 0. The fraction of sp³-hybridized carbons (Fsp3) is 0.833. The van der Waals surface area contributed by atoms with E-state index in [0.717, 1.165) is 15.9 Å². The molecule has 98 valence electrons. The highest BCUT2D eigenvalue weighted by molar-refractivity contribution is 8.01. The summed E-state index contributed by atoms with van der Waals surface area (Å²) >= 11 is 3.52. The van der Waals surface area contributed by atoms with E-state index in [9.17, 15) is 0 Å². The van der Waals surface area contributed by atoms with E-state index in [2.05, 4.69) is 50.1 Å². The molecule has 1 aromatic heterocycles. The maximum Gasteiger partial charge on any atom is 0.174 e. The molecule has 0 aliphatic carbocycles. The molecule has 0 aliphatic heterocycles. The number of hydrogen-bond acceptors (Lipinski definition) is 5. The Morgan fingerprint density at radius 2 is 1.94 bits per heavy atom. The van der Waals surface area contributed by atoms with Gasteiger partial charge in [-0.2, -0.15) is 0 Å². The quantitative estimate of drug-likeness (QED) is 0.835.